The summed E-state index contributed by atoms with van der Waals surface area (Å²) in [5, 5.41) is 0. The van der Waals surface area contributed by atoms with Crippen molar-refractivity contribution in [3.05, 3.63) is 12.2 Å². The number of nitrogens with two attached hydrogens (primary N) is 1. The third kappa shape index (κ3) is 20.1. The Balaban J connectivity index is 3.26. The molecule has 2 atom stereocenters. The molecule has 0 bridgehead atoms. The molecule has 0 saturated carbocycles. The van der Waals surface area contributed by atoms with Crippen molar-refractivity contribution >= 4 is 7.82 Å². The van der Waals surface area contributed by atoms with Gasteiger partial charge in [-0.15, -0.1) is 0 Å². The summed E-state index contributed by atoms with van der Waals surface area (Å²) in [5.74, 6) is 0. The van der Waals surface area contributed by atoms with Gasteiger partial charge in [-0.1, -0.05) is 76.9 Å². The fourth-order valence-electron chi connectivity index (χ4n) is 2.77. The van der Waals surface area contributed by atoms with Crippen LogP contribution in [0.3, 0.4) is 0 Å². The fraction of sp³-hybridized carbons (Fsp3) is 0.900. The van der Waals surface area contributed by atoms with E-state index in [9.17, 15) is 9.46 Å². The van der Waals surface area contributed by atoms with Gasteiger partial charge in [-0.3, -0.25) is 9.05 Å². The van der Waals surface area contributed by atoms with Gasteiger partial charge in [-0.25, -0.2) is 4.57 Å². The summed E-state index contributed by atoms with van der Waals surface area (Å²) in [6.07, 6.45) is 21.1. The lowest BCUT2D eigenvalue weighted by atomic mass is 10.1. The summed E-state index contributed by atoms with van der Waals surface area (Å²) < 4.78 is 20.9. The van der Waals surface area contributed by atoms with Crippen LogP contribution in [-0.2, 0) is 13.6 Å². The summed E-state index contributed by atoms with van der Waals surface area (Å²) in [5.41, 5.74) is 5.31. The van der Waals surface area contributed by atoms with Crippen LogP contribution in [-0.4, -0.2) is 17.7 Å². The van der Waals surface area contributed by atoms with Crippen molar-refractivity contribution in [1.29, 1.82) is 0 Å². The number of hydrogen-bond donors (Lipinski definition) is 2. The summed E-state index contributed by atoms with van der Waals surface area (Å²) in [4.78, 5) is 9.34. The van der Waals surface area contributed by atoms with Gasteiger partial charge in [0.15, 0.2) is 0 Å². The Morgan fingerprint density at radius 1 is 0.885 bits per heavy atom. The van der Waals surface area contributed by atoms with Crippen molar-refractivity contribution in [3.8, 4) is 0 Å². The van der Waals surface area contributed by atoms with Gasteiger partial charge in [0.25, 0.3) is 0 Å². The fourth-order valence-corrected chi connectivity index (χ4v) is 3.61. The van der Waals surface area contributed by atoms with E-state index in [1.807, 2.05) is 0 Å². The number of allylic oxidation sites excluding steroid dienone is 2. The van der Waals surface area contributed by atoms with E-state index < -0.39 is 14.1 Å². The highest BCUT2D eigenvalue weighted by molar-refractivity contribution is 7.47. The predicted molar refractivity (Wildman–Crippen MR) is 110 cm³/mol. The highest BCUT2D eigenvalue weighted by atomic mass is 31.2. The van der Waals surface area contributed by atoms with Crippen molar-refractivity contribution in [2.45, 2.75) is 110 Å². The Hall–Kier alpha value is -0.190. The third-order valence-corrected chi connectivity index (χ3v) is 5.32. The molecule has 0 fully saturated rings. The van der Waals surface area contributed by atoms with Crippen LogP contribution < -0.4 is 5.73 Å². The maximum absolute atomic E-state index is 11.4. The van der Waals surface area contributed by atoms with E-state index in [-0.39, 0.29) is 6.61 Å². The molecule has 0 aliphatic heterocycles. The number of phosphoric acid groups is 1. The maximum Gasteiger partial charge on any atom is 0.473 e. The second kappa shape index (κ2) is 18.2. The molecule has 0 rings (SSSR count). The molecule has 0 aromatic heterocycles. The first-order valence-corrected chi connectivity index (χ1v) is 12.0. The smallest absolute Gasteiger partial charge is 0.306 e. The van der Waals surface area contributed by atoms with E-state index in [1.54, 1.807) is 0 Å². The minimum absolute atomic E-state index is 0.238. The first kappa shape index (κ1) is 25.8. The van der Waals surface area contributed by atoms with Gasteiger partial charge in [0.1, 0.15) is 6.23 Å². The third-order valence-electron chi connectivity index (χ3n) is 4.21. The van der Waals surface area contributed by atoms with E-state index in [0.29, 0.717) is 0 Å². The topological polar surface area (TPSA) is 81.8 Å². The molecule has 5 nitrogen and oxygen atoms in total. The average Bonchev–Trinajstić information content (AvgIpc) is 2.56. The van der Waals surface area contributed by atoms with E-state index in [0.717, 1.165) is 19.3 Å². The van der Waals surface area contributed by atoms with Gasteiger partial charge in [-0.2, -0.15) is 0 Å². The molecule has 2 unspecified atom stereocenters. The van der Waals surface area contributed by atoms with Crippen LogP contribution in [0.2, 0.25) is 0 Å². The van der Waals surface area contributed by atoms with E-state index in [1.165, 1.54) is 77.6 Å². The van der Waals surface area contributed by atoms with Crippen LogP contribution >= 0.6 is 7.82 Å². The van der Waals surface area contributed by atoms with E-state index >= 15 is 0 Å². The molecule has 0 aromatic carbocycles. The molecule has 156 valence electrons. The molecular weight excluding hydrogens is 349 g/mol. The van der Waals surface area contributed by atoms with Crippen molar-refractivity contribution < 1.29 is 18.5 Å². The van der Waals surface area contributed by atoms with E-state index in [4.69, 9.17) is 10.3 Å². The van der Waals surface area contributed by atoms with Gasteiger partial charge >= 0.3 is 7.82 Å². The van der Waals surface area contributed by atoms with Gasteiger partial charge in [-0.05, 0) is 39.0 Å². The van der Waals surface area contributed by atoms with Crippen LogP contribution in [0.1, 0.15) is 104 Å². The van der Waals surface area contributed by atoms with Crippen molar-refractivity contribution in [3.63, 3.8) is 0 Å². The normalized spacial score (nSPS) is 15.4. The lowest BCUT2D eigenvalue weighted by Gasteiger charge is -2.14. The second-order valence-electron chi connectivity index (χ2n) is 7.05. The summed E-state index contributed by atoms with van der Waals surface area (Å²) in [6.45, 7) is 3.99. The second-order valence-corrected chi connectivity index (χ2v) is 8.46. The quantitative estimate of drug-likeness (QED) is 0.114. The first-order valence-electron chi connectivity index (χ1n) is 10.5. The van der Waals surface area contributed by atoms with E-state index in [2.05, 4.69) is 23.6 Å². The van der Waals surface area contributed by atoms with Crippen molar-refractivity contribution in [2.75, 3.05) is 6.61 Å². The number of unbranched alkanes of at least 4 members (excludes halogenated alkanes) is 12. The SMILES string of the molecule is CCCCCCCC/C=C\CCCCCCCCOP(=O)(O)OC(C)N. The Kier molecular flexibility index (Phi) is 18.1. The standard InChI is InChI=1S/C20H42NO4P/c1-3-4-5-6-7-8-9-10-11-12-13-14-15-16-17-18-19-24-26(22,23)25-20(2)21/h10-11,20H,3-9,12-19,21H2,1-2H3,(H,22,23)/b11-10-. The number of rotatable bonds is 19. The molecule has 0 spiro atoms. The first-order chi connectivity index (χ1) is 12.5. The monoisotopic (exact) mass is 391 g/mol. The van der Waals surface area contributed by atoms with Crippen LogP contribution in [0, 0.1) is 0 Å². The van der Waals surface area contributed by atoms with Crippen molar-refractivity contribution in [1.82, 2.24) is 0 Å². The van der Waals surface area contributed by atoms with Crippen LogP contribution in [0.25, 0.3) is 0 Å². The lowest BCUT2D eigenvalue weighted by Crippen LogP contribution is -2.18. The van der Waals surface area contributed by atoms with Gasteiger partial charge < -0.3 is 10.6 Å². The minimum Gasteiger partial charge on any atom is -0.306 e. The lowest BCUT2D eigenvalue weighted by molar-refractivity contribution is 0.114. The Morgan fingerprint density at radius 2 is 1.35 bits per heavy atom. The molecule has 0 amide bonds. The zero-order valence-corrected chi connectivity index (χ0v) is 17.9. The molecule has 0 radical (unpaired) electrons. The molecule has 3 N–H and O–H groups in total. The molecule has 6 heteroatoms. The average molecular weight is 392 g/mol. The summed E-state index contributed by atoms with van der Waals surface area (Å²) in [6, 6.07) is 0. The zero-order valence-electron chi connectivity index (χ0n) is 17.0. The Morgan fingerprint density at radius 3 is 1.85 bits per heavy atom. The number of phosphoric ester groups is 1. The molecule has 0 heterocycles. The molecule has 0 saturated heterocycles. The maximum atomic E-state index is 11.4. The number of hydrogen-bond acceptors (Lipinski definition) is 4. The molecule has 0 aromatic rings. The van der Waals surface area contributed by atoms with Gasteiger partial charge in [0.2, 0.25) is 0 Å². The zero-order chi connectivity index (χ0) is 19.5. The molecular formula is C20H42NO4P. The van der Waals surface area contributed by atoms with Crippen molar-refractivity contribution in [2.24, 2.45) is 5.73 Å². The molecule has 26 heavy (non-hydrogen) atoms. The molecule has 0 aliphatic carbocycles. The summed E-state index contributed by atoms with van der Waals surface area (Å²) >= 11 is 0. The largest absolute Gasteiger partial charge is 0.473 e. The van der Waals surface area contributed by atoms with Gasteiger partial charge in [0, 0.05) is 0 Å². The Labute approximate surface area is 161 Å². The summed E-state index contributed by atoms with van der Waals surface area (Å²) in [7, 11) is -3.97. The highest BCUT2D eigenvalue weighted by Crippen LogP contribution is 2.43. The van der Waals surface area contributed by atoms with Gasteiger partial charge in [0.05, 0.1) is 6.61 Å². The predicted octanol–water partition coefficient (Wildman–Crippen LogP) is 6.46. The minimum atomic E-state index is -3.97. The molecule has 0 aliphatic rings. The van der Waals surface area contributed by atoms with Crippen LogP contribution in [0.15, 0.2) is 12.2 Å². The van der Waals surface area contributed by atoms with Crippen LogP contribution in [0.5, 0.6) is 0 Å². The highest BCUT2D eigenvalue weighted by Gasteiger charge is 2.22. The Bertz CT molecular complexity index is 375. The van der Waals surface area contributed by atoms with Crippen LogP contribution in [0.4, 0.5) is 0 Å².